The number of nitrogen functional groups attached to an aromatic ring is 3. The van der Waals surface area contributed by atoms with Crippen molar-refractivity contribution < 1.29 is 14.4 Å². The van der Waals surface area contributed by atoms with Gasteiger partial charge in [0.05, 0.1) is 0 Å². The van der Waals surface area contributed by atoms with Crippen LogP contribution in [0.3, 0.4) is 0 Å². The minimum absolute atomic E-state index is 0.0417. The van der Waals surface area contributed by atoms with Gasteiger partial charge in [0, 0.05) is 0 Å². The molecule has 0 aliphatic carbocycles. The highest BCUT2D eigenvalue weighted by Crippen LogP contribution is 1.97. The lowest BCUT2D eigenvalue weighted by Gasteiger charge is -1.93. The van der Waals surface area contributed by atoms with Crippen LogP contribution in [0.5, 0.6) is 0 Å². The third-order valence-electron chi connectivity index (χ3n) is 0.687. The lowest BCUT2D eigenvalue weighted by Crippen LogP contribution is -2.05. The molecule has 0 aliphatic rings. The summed E-state index contributed by atoms with van der Waals surface area (Å²) < 4.78 is 0. The molecule has 0 spiro atoms. The van der Waals surface area contributed by atoms with E-state index in [4.69, 9.17) is 47.8 Å². The van der Waals surface area contributed by atoms with Gasteiger partial charge in [-0.1, -0.05) is 0 Å². The molecule has 1 heterocycles. The van der Waals surface area contributed by atoms with Crippen molar-refractivity contribution in [2.24, 2.45) is 0 Å². The largest absolute Gasteiger partial charge is 0.724 e. The van der Waals surface area contributed by atoms with Crippen LogP contribution in [-0.2, 0) is 14.4 Å². The second kappa shape index (κ2) is 16.0. The highest BCUT2D eigenvalue weighted by Gasteiger charge is 1.93. The molecule has 96 valence electrons. The zero-order valence-electron chi connectivity index (χ0n) is 8.64. The van der Waals surface area contributed by atoms with Gasteiger partial charge in [0.25, 0.3) is 0 Å². The van der Waals surface area contributed by atoms with E-state index in [1.807, 2.05) is 0 Å². The van der Waals surface area contributed by atoms with Gasteiger partial charge in [-0.05, 0) is 18.2 Å². The Hall–Kier alpha value is -3.45. The first-order chi connectivity index (χ1) is 8.42. The zero-order chi connectivity index (χ0) is 15.0. The van der Waals surface area contributed by atoms with Crippen molar-refractivity contribution >= 4 is 36.1 Å². The van der Waals surface area contributed by atoms with Crippen molar-refractivity contribution in [2.75, 3.05) is 17.2 Å². The monoisotopic (exact) mass is 252 g/mol. The SMILES string of the molecule is Nc1nc(N)nc(N)n1.[N-]=C=O.[N-]=C=O.[N-]=C=O. The van der Waals surface area contributed by atoms with E-state index in [1.165, 1.54) is 0 Å². The minimum atomic E-state index is 0.0417. The van der Waals surface area contributed by atoms with Crippen molar-refractivity contribution in [1.29, 1.82) is 0 Å². The van der Waals surface area contributed by atoms with Gasteiger partial charge in [0.2, 0.25) is 17.8 Å². The van der Waals surface area contributed by atoms with Gasteiger partial charge < -0.3 is 33.4 Å². The fourth-order valence-electron chi connectivity index (χ4n) is 0.427. The summed E-state index contributed by atoms with van der Waals surface area (Å²) in [5, 5.41) is 20.3. The van der Waals surface area contributed by atoms with Crippen molar-refractivity contribution in [3.05, 3.63) is 16.2 Å². The van der Waals surface area contributed by atoms with E-state index in [2.05, 4.69) is 15.0 Å². The molecule has 0 aromatic carbocycles. The van der Waals surface area contributed by atoms with Gasteiger partial charge in [0.1, 0.15) is 0 Å². The summed E-state index contributed by atoms with van der Waals surface area (Å²) >= 11 is 0. The molecule has 0 bridgehead atoms. The summed E-state index contributed by atoms with van der Waals surface area (Å²) in [6.07, 6.45) is 1.50. The van der Waals surface area contributed by atoms with Crippen LogP contribution in [0.1, 0.15) is 0 Å². The summed E-state index contributed by atoms with van der Waals surface area (Å²) in [7, 11) is 0. The topological polar surface area (TPSA) is 235 Å². The van der Waals surface area contributed by atoms with E-state index >= 15 is 0 Å². The van der Waals surface area contributed by atoms with Gasteiger partial charge in [-0.2, -0.15) is 15.0 Å². The molecule has 0 amide bonds. The number of rotatable bonds is 0. The molecule has 6 N–H and O–H groups in total. The number of carbonyl (C=O) groups excluding carboxylic acids is 3. The lowest BCUT2D eigenvalue weighted by molar-refractivity contribution is 0.568. The maximum Gasteiger partial charge on any atom is 0.226 e. The van der Waals surface area contributed by atoms with Crippen LogP contribution in [0.15, 0.2) is 0 Å². The molecule has 0 saturated carbocycles. The quantitative estimate of drug-likeness (QED) is 0.351. The Morgan fingerprint density at radius 3 is 0.889 bits per heavy atom. The number of aromatic nitrogens is 3. The Kier molecular flexibility index (Phi) is 17.8. The summed E-state index contributed by atoms with van der Waals surface area (Å²) in [4.78, 5) is 35.2. The zero-order valence-corrected chi connectivity index (χ0v) is 8.64. The average Bonchev–Trinajstić information content (AvgIpc) is 2.18. The fourth-order valence-corrected chi connectivity index (χ4v) is 0.427. The molecule has 0 fully saturated rings. The van der Waals surface area contributed by atoms with E-state index in [1.54, 1.807) is 0 Å². The Morgan fingerprint density at radius 2 is 0.778 bits per heavy atom. The Morgan fingerprint density at radius 1 is 0.667 bits per heavy atom. The maximum absolute atomic E-state index is 8.24. The van der Waals surface area contributed by atoms with Gasteiger partial charge in [0.15, 0.2) is 0 Å². The van der Waals surface area contributed by atoms with E-state index in [-0.39, 0.29) is 17.8 Å². The number of nitrogens with zero attached hydrogens (tertiary/aromatic N) is 6. The second-order valence-electron chi connectivity index (χ2n) is 1.68. The Balaban J connectivity index is -0.000000210. The van der Waals surface area contributed by atoms with Crippen LogP contribution < -0.4 is 17.2 Å². The van der Waals surface area contributed by atoms with Crippen LogP contribution in [0, 0.1) is 0 Å². The number of hydrogen-bond donors (Lipinski definition) is 3. The average molecular weight is 252 g/mol. The first kappa shape index (κ1) is 20.0. The number of anilines is 3. The molecule has 0 unspecified atom stereocenters. The normalized spacial score (nSPS) is 6.00. The highest BCUT2D eigenvalue weighted by atomic mass is 16.1. The van der Waals surface area contributed by atoms with Crippen LogP contribution in [-0.4, -0.2) is 33.2 Å². The van der Waals surface area contributed by atoms with Crippen molar-refractivity contribution in [3.8, 4) is 0 Å². The van der Waals surface area contributed by atoms with Crippen LogP contribution in [0.4, 0.5) is 17.8 Å². The van der Waals surface area contributed by atoms with Crippen molar-refractivity contribution in [2.45, 2.75) is 0 Å². The first-order valence-electron chi connectivity index (χ1n) is 3.49. The Labute approximate surface area is 99.8 Å². The molecule has 0 radical (unpaired) electrons. The van der Waals surface area contributed by atoms with Crippen molar-refractivity contribution in [1.82, 2.24) is 15.0 Å². The third-order valence-corrected chi connectivity index (χ3v) is 0.687. The van der Waals surface area contributed by atoms with E-state index in [0.717, 1.165) is 0 Å². The molecular weight excluding hydrogens is 246 g/mol. The molecule has 0 atom stereocenters. The molecule has 0 saturated heterocycles. The number of nitrogens with two attached hydrogens (primary N) is 3. The van der Waals surface area contributed by atoms with Gasteiger partial charge >= 0.3 is 0 Å². The van der Waals surface area contributed by atoms with Gasteiger partial charge in [-0.15, -0.1) is 0 Å². The maximum atomic E-state index is 8.24. The van der Waals surface area contributed by atoms with E-state index in [0.29, 0.717) is 18.2 Å². The van der Waals surface area contributed by atoms with Crippen LogP contribution in [0.25, 0.3) is 16.2 Å². The summed E-state index contributed by atoms with van der Waals surface area (Å²) in [6, 6.07) is 0. The molecule has 1 aromatic heterocycles. The predicted octanol–water partition coefficient (Wildman–Crippen LogP) is -1.71. The molecule has 12 heteroatoms. The number of hydrogen-bond acceptors (Lipinski definition) is 9. The summed E-state index contributed by atoms with van der Waals surface area (Å²) in [6.45, 7) is 0. The molecule has 0 aliphatic heterocycles. The first-order valence-corrected chi connectivity index (χ1v) is 3.49. The molecule has 12 nitrogen and oxygen atoms in total. The molecule has 18 heavy (non-hydrogen) atoms. The minimum Gasteiger partial charge on any atom is -0.724 e. The highest BCUT2D eigenvalue weighted by molar-refractivity contribution is 5.37. The van der Waals surface area contributed by atoms with E-state index in [9.17, 15) is 0 Å². The smallest absolute Gasteiger partial charge is 0.226 e. The Bertz CT molecular complexity index is 363. The predicted molar refractivity (Wildman–Crippen MR) is 60.2 cm³/mol. The second-order valence-corrected chi connectivity index (χ2v) is 1.68. The van der Waals surface area contributed by atoms with Crippen LogP contribution in [0.2, 0.25) is 0 Å². The van der Waals surface area contributed by atoms with Crippen LogP contribution >= 0.6 is 0 Å². The fraction of sp³-hybridized carbons (Fsp3) is 0. The lowest BCUT2D eigenvalue weighted by atomic mass is 10.9. The van der Waals surface area contributed by atoms with Gasteiger partial charge in [-0.25, -0.2) is 0 Å². The van der Waals surface area contributed by atoms with Gasteiger partial charge in [-0.3, -0.25) is 14.4 Å². The number of isocyanates is 3. The molecule has 1 rings (SSSR count). The molecule has 1 aromatic rings. The summed E-state index contributed by atoms with van der Waals surface area (Å²) in [5.41, 5.74) is 15.4. The molecular formula is C6H6N9O3-3. The summed E-state index contributed by atoms with van der Waals surface area (Å²) in [5.74, 6) is 0.125. The van der Waals surface area contributed by atoms with E-state index < -0.39 is 0 Å². The third kappa shape index (κ3) is 22.9. The standard InChI is InChI=1S/C3H6N6.3CNO/c4-1-7-2(5)9-3(6)8-1;3*2-1-3/h(H6,4,5,6,7,8,9);;;/q;3*-1. The van der Waals surface area contributed by atoms with Crippen molar-refractivity contribution in [3.63, 3.8) is 0 Å².